The van der Waals surface area contributed by atoms with E-state index in [1.165, 1.54) is 0 Å². The van der Waals surface area contributed by atoms with Gasteiger partial charge in [0.05, 0.1) is 13.0 Å². The Labute approximate surface area is 108 Å². The van der Waals surface area contributed by atoms with Crippen LogP contribution in [0.2, 0.25) is 0 Å². The first-order valence-corrected chi connectivity index (χ1v) is 5.42. The van der Waals surface area contributed by atoms with Crippen molar-refractivity contribution in [2.24, 2.45) is 12.8 Å². The number of hydrogen-bond acceptors (Lipinski definition) is 4. The molecule has 0 saturated carbocycles. The Morgan fingerprint density at radius 2 is 2.21 bits per heavy atom. The molecule has 1 heterocycles. The number of aromatic nitrogens is 2. The molecule has 9 heteroatoms. The molecule has 0 aliphatic heterocycles. The summed E-state index contributed by atoms with van der Waals surface area (Å²) in [6.45, 7) is 0.137. The van der Waals surface area contributed by atoms with Gasteiger partial charge < -0.3 is 26.0 Å². The summed E-state index contributed by atoms with van der Waals surface area (Å²) in [4.78, 5) is 36.9. The van der Waals surface area contributed by atoms with Crippen molar-refractivity contribution < 1.29 is 19.5 Å². The Balaban J connectivity index is 2.47. The average Bonchev–Trinajstić information content (AvgIpc) is 2.70. The van der Waals surface area contributed by atoms with Gasteiger partial charge >= 0.3 is 12.0 Å². The number of nitrogens with one attached hydrogen (secondary N) is 2. The third-order valence-electron chi connectivity index (χ3n) is 2.34. The number of aryl methyl sites for hydroxylation is 1. The van der Waals surface area contributed by atoms with E-state index in [4.69, 9.17) is 10.8 Å². The molecule has 0 aromatic carbocycles. The Hall–Kier alpha value is -2.58. The molecule has 0 saturated heterocycles. The zero-order valence-corrected chi connectivity index (χ0v) is 10.3. The maximum atomic E-state index is 11.5. The van der Waals surface area contributed by atoms with Crippen molar-refractivity contribution in [2.45, 2.75) is 19.0 Å². The van der Waals surface area contributed by atoms with Crippen molar-refractivity contribution >= 4 is 17.9 Å². The van der Waals surface area contributed by atoms with E-state index < -0.39 is 30.4 Å². The Kier molecular flexibility index (Phi) is 4.86. The summed E-state index contributed by atoms with van der Waals surface area (Å²) in [5.41, 5.74) is 4.89. The van der Waals surface area contributed by atoms with Crippen LogP contribution in [0.15, 0.2) is 12.4 Å². The van der Waals surface area contributed by atoms with Crippen LogP contribution in [-0.4, -0.2) is 38.6 Å². The highest BCUT2D eigenvalue weighted by Crippen LogP contribution is 1.94. The number of carbonyl (C=O) groups is 3. The quantitative estimate of drug-likeness (QED) is 0.500. The molecule has 0 spiro atoms. The summed E-state index contributed by atoms with van der Waals surface area (Å²) in [5, 5.41) is 13.4. The SMILES string of the molecule is Cn1ccnc1CNC(=O)N[C@H](CC(N)=O)C(=O)O. The van der Waals surface area contributed by atoms with E-state index in [9.17, 15) is 14.4 Å². The van der Waals surface area contributed by atoms with E-state index in [2.05, 4.69) is 15.6 Å². The Bertz CT molecular complexity index is 484. The Morgan fingerprint density at radius 3 is 2.68 bits per heavy atom. The molecule has 3 amide bonds. The van der Waals surface area contributed by atoms with Crippen LogP contribution in [-0.2, 0) is 23.2 Å². The predicted octanol–water partition coefficient (Wildman–Crippen LogP) is -1.45. The fraction of sp³-hybridized carbons (Fsp3) is 0.400. The molecule has 0 fully saturated rings. The number of carboxylic acid groups (broad SMARTS) is 1. The normalized spacial score (nSPS) is 11.6. The van der Waals surface area contributed by atoms with Crippen LogP contribution in [0, 0.1) is 0 Å². The van der Waals surface area contributed by atoms with Crippen LogP contribution in [0.5, 0.6) is 0 Å². The molecule has 1 aromatic rings. The number of carbonyl (C=O) groups excluding carboxylic acids is 2. The number of nitrogens with zero attached hydrogens (tertiary/aromatic N) is 2. The zero-order valence-electron chi connectivity index (χ0n) is 10.3. The molecule has 19 heavy (non-hydrogen) atoms. The third-order valence-corrected chi connectivity index (χ3v) is 2.34. The fourth-order valence-electron chi connectivity index (χ4n) is 1.34. The number of carboxylic acids is 1. The number of hydrogen-bond donors (Lipinski definition) is 4. The number of urea groups is 1. The van der Waals surface area contributed by atoms with Crippen LogP contribution in [0.3, 0.4) is 0 Å². The van der Waals surface area contributed by atoms with Crippen molar-refractivity contribution in [3.8, 4) is 0 Å². The molecular formula is C10H15N5O4. The smallest absolute Gasteiger partial charge is 0.326 e. The van der Waals surface area contributed by atoms with Gasteiger partial charge in [-0.1, -0.05) is 0 Å². The molecule has 0 aliphatic carbocycles. The second-order valence-electron chi connectivity index (χ2n) is 3.84. The second-order valence-corrected chi connectivity index (χ2v) is 3.84. The number of amides is 3. The van der Waals surface area contributed by atoms with Gasteiger partial charge in [-0.3, -0.25) is 4.79 Å². The van der Waals surface area contributed by atoms with Gasteiger partial charge in [0, 0.05) is 19.4 Å². The number of imidazole rings is 1. The van der Waals surface area contributed by atoms with Gasteiger partial charge in [0.2, 0.25) is 5.91 Å². The largest absolute Gasteiger partial charge is 0.480 e. The highest BCUT2D eigenvalue weighted by atomic mass is 16.4. The molecule has 9 nitrogen and oxygen atoms in total. The fourth-order valence-corrected chi connectivity index (χ4v) is 1.34. The van der Waals surface area contributed by atoms with E-state index in [-0.39, 0.29) is 6.54 Å². The molecule has 5 N–H and O–H groups in total. The molecular weight excluding hydrogens is 254 g/mol. The lowest BCUT2D eigenvalue weighted by Crippen LogP contribution is -2.47. The number of rotatable bonds is 6. The van der Waals surface area contributed by atoms with Gasteiger partial charge in [-0.2, -0.15) is 0 Å². The van der Waals surface area contributed by atoms with Gasteiger partial charge in [0.25, 0.3) is 0 Å². The first kappa shape index (κ1) is 14.5. The molecule has 0 unspecified atom stereocenters. The van der Waals surface area contributed by atoms with Gasteiger partial charge in [0.15, 0.2) is 0 Å². The van der Waals surface area contributed by atoms with Crippen molar-refractivity contribution in [3.63, 3.8) is 0 Å². The van der Waals surface area contributed by atoms with Gasteiger partial charge in [-0.05, 0) is 0 Å². The van der Waals surface area contributed by atoms with Crippen molar-refractivity contribution in [3.05, 3.63) is 18.2 Å². The number of nitrogens with two attached hydrogens (primary N) is 1. The minimum Gasteiger partial charge on any atom is -0.480 e. The summed E-state index contributed by atoms with van der Waals surface area (Å²) in [6.07, 6.45) is 2.81. The highest BCUT2D eigenvalue weighted by Gasteiger charge is 2.21. The number of primary amides is 1. The van der Waals surface area contributed by atoms with Crippen LogP contribution in [0.1, 0.15) is 12.2 Å². The van der Waals surface area contributed by atoms with E-state index in [0.29, 0.717) is 5.82 Å². The van der Waals surface area contributed by atoms with Gasteiger partial charge in [-0.15, -0.1) is 0 Å². The summed E-state index contributed by atoms with van der Waals surface area (Å²) >= 11 is 0. The van der Waals surface area contributed by atoms with Gasteiger partial charge in [-0.25, -0.2) is 14.6 Å². The van der Waals surface area contributed by atoms with Crippen molar-refractivity contribution in [1.29, 1.82) is 0 Å². The van der Waals surface area contributed by atoms with Crippen LogP contribution in [0.4, 0.5) is 4.79 Å². The number of aliphatic carboxylic acids is 1. The summed E-state index contributed by atoms with van der Waals surface area (Å²) in [5.74, 6) is -1.53. The molecule has 1 aromatic heterocycles. The lowest BCUT2D eigenvalue weighted by molar-refractivity contribution is -0.140. The molecule has 104 valence electrons. The first-order chi connectivity index (χ1) is 8.90. The average molecular weight is 269 g/mol. The van der Waals surface area contributed by atoms with E-state index >= 15 is 0 Å². The minimum atomic E-state index is -1.35. The van der Waals surface area contributed by atoms with E-state index in [1.807, 2.05) is 0 Å². The van der Waals surface area contributed by atoms with Gasteiger partial charge in [0.1, 0.15) is 11.9 Å². The predicted molar refractivity (Wildman–Crippen MR) is 63.8 cm³/mol. The highest BCUT2D eigenvalue weighted by molar-refractivity contribution is 5.87. The van der Waals surface area contributed by atoms with E-state index in [0.717, 1.165) is 0 Å². The third kappa shape index (κ3) is 4.66. The zero-order chi connectivity index (χ0) is 14.4. The maximum Gasteiger partial charge on any atom is 0.326 e. The Morgan fingerprint density at radius 1 is 1.53 bits per heavy atom. The molecule has 0 radical (unpaired) electrons. The molecule has 1 atom stereocenters. The lowest BCUT2D eigenvalue weighted by atomic mass is 10.2. The summed E-state index contributed by atoms with van der Waals surface area (Å²) < 4.78 is 1.71. The summed E-state index contributed by atoms with van der Waals surface area (Å²) in [7, 11) is 1.76. The molecule has 0 bridgehead atoms. The topological polar surface area (TPSA) is 139 Å². The first-order valence-electron chi connectivity index (χ1n) is 5.42. The lowest BCUT2D eigenvalue weighted by Gasteiger charge is -2.13. The summed E-state index contributed by atoms with van der Waals surface area (Å²) in [6, 6.07) is -2.06. The minimum absolute atomic E-state index is 0.137. The van der Waals surface area contributed by atoms with Crippen molar-refractivity contribution in [2.75, 3.05) is 0 Å². The van der Waals surface area contributed by atoms with Crippen molar-refractivity contribution in [1.82, 2.24) is 20.2 Å². The maximum absolute atomic E-state index is 11.5. The monoisotopic (exact) mass is 269 g/mol. The molecule has 0 aliphatic rings. The van der Waals surface area contributed by atoms with Crippen LogP contribution in [0.25, 0.3) is 0 Å². The molecule has 1 rings (SSSR count). The van der Waals surface area contributed by atoms with Crippen LogP contribution >= 0.6 is 0 Å². The standard InChI is InChI=1S/C10H15N5O4/c1-15-3-2-12-8(15)5-13-10(19)14-6(9(17)18)4-7(11)16/h2-3,6H,4-5H2,1H3,(H2,11,16)(H,17,18)(H2,13,14,19)/t6-/m1/s1. The van der Waals surface area contributed by atoms with E-state index in [1.54, 1.807) is 24.0 Å². The second kappa shape index (κ2) is 6.38. The van der Waals surface area contributed by atoms with Crippen LogP contribution < -0.4 is 16.4 Å².